The molecule has 0 bridgehead atoms. The first-order valence-corrected chi connectivity index (χ1v) is 7.26. The van der Waals surface area contributed by atoms with E-state index in [2.05, 4.69) is 36.5 Å². The number of aromatic hydroxyl groups is 1. The third-order valence-electron chi connectivity index (χ3n) is 2.86. The monoisotopic (exact) mass is 276 g/mol. The Morgan fingerprint density at radius 1 is 1.16 bits per heavy atom. The van der Waals surface area contributed by atoms with Gasteiger partial charge in [-0.05, 0) is 17.7 Å². The molecular formula is C15H20N2OS. The summed E-state index contributed by atoms with van der Waals surface area (Å²) >= 11 is 1.70. The van der Waals surface area contributed by atoms with E-state index >= 15 is 0 Å². The molecule has 0 saturated carbocycles. The molecule has 0 aliphatic rings. The van der Waals surface area contributed by atoms with Crippen LogP contribution in [0.2, 0.25) is 0 Å². The Morgan fingerprint density at radius 2 is 1.84 bits per heavy atom. The van der Waals surface area contributed by atoms with Crippen molar-refractivity contribution in [3.05, 3.63) is 45.9 Å². The summed E-state index contributed by atoms with van der Waals surface area (Å²) in [5.74, 6) is 0.304. The lowest BCUT2D eigenvalue weighted by molar-refractivity contribution is 0.475. The van der Waals surface area contributed by atoms with Gasteiger partial charge in [-0.3, -0.25) is 0 Å². The molecule has 19 heavy (non-hydrogen) atoms. The van der Waals surface area contributed by atoms with Crippen molar-refractivity contribution in [2.24, 2.45) is 0 Å². The molecule has 0 radical (unpaired) electrons. The van der Waals surface area contributed by atoms with E-state index in [1.165, 1.54) is 0 Å². The van der Waals surface area contributed by atoms with Crippen LogP contribution in [0, 0.1) is 0 Å². The van der Waals surface area contributed by atoms with Crippen molar-refractivity contribution in [2.45, 2.75) is 39.3 Å². The molecule has 0 atom stereocenters. The van der Waals surface area contributed by atoms with E-state index in [1.54, 1.807) is 23.5 Å². The molecule has 0 saturated heterocycles. The Labute approximate surface area is 118 Å². The van der Waals surface area contributed by atoms with Gasteiger partial charge in [-0.2, -0.15) is 0 Å². The standard InChI is InChI=1S/C15H20N2OS/c1-15(2,3)13-10-19-14(17-13)9-16-8-11-4-6-12(18)7-5-11/h4-7,10,16,18H,8-9H2,1-3H3. The Hall–Kier alpha value is -1.39. The van der Waals surface area contributed by atoms with Crippen LogP contribution in [-0.4, -0.2) is 10.1 Å². The second-order valence-electron chi connectivity index (χ2n) is 5.65. The molecule has 1 aromatic carbocycles. The van der Waals surface area contributed by atoms with E-state index in [4.69, 9.17) is 0 Å². The molecule has 0 aliphatic heterocycles. The molecule has 0 aliphatic carbocycles. The second kappa shape index (κ2) is 5.72. The summed E-state index contributed by atoms with van der Waals surface area (Å²) in [6, 6.07) is 7.26. The highest BCUT2D eigenvalue weighted by Crippen LogP contribution is 2.23. The summed E-state index contributed by atoms with van der Waals surface area (Å²) in [5, 5.41) is 15.8. The summed E-state index contributed by atoms with van der Waals surface area (Å²) in [7, 11) is 0. The van der Waals surface area contributed by atoms with Gasteiger partial charge < -0.3 is 10.4 Å². The number of rotatable bonds is 4. The first-order valence-electron chi connectivity index (χ1n) is 6.38. The lowest BCUT2D eigenvalue weighted by atomic mass is 9.93. The van der Waals surface area contributed by atoms with Crippen molar-refractivity contribution in [2.75, 3.05) is 0 Å². The minimum atomic E-state index is 0.117. The van der Waals surface area contributed by atoms with Crippen molar-refractivity contribution in [3.8, 4) is 5.75 Å². The van der Waals surface area contributed by atoms with Gasteiger partial charge in [0, 0.05) is 23.9 Å². The van der Waals surface area contributed by atoms with Crippen LogP contribution in [0.15, 0.2) is 29.6 Å². The van der Waals surface area contributed by atoms with Crippen LogP contribution in [-0.2, 0) is 18.5 Å². The van der Waals surface area contributed by atoms with Crippen LogP contribution in [0.25, 0.3) is 0 Å². The molecule has 2 rings (SSSR count). The molecule has 2 aromatic rings. The first-order chi connectivity index (χ1) is 8.95. The Kier molecular flexibility index (Phi) is 4.22. The largest absolute Gasteiger partial charge is 0.508 e. The van der Waals surface area contributed by atoms with Gasteiger partial charge in [0.2, 0.25) is 0 Å². The Morgan fingerprint density at radius 3 is 2.42 bits per heavy atom. The molecule has 0 unspecified atom stereocenters. The second-order valence-corrected chi connectivity index (χ2v) is 6.59. The number of aromatic nitrogens is 1. The number of phenols is 1. The zero-order valence-corrected chi connectivity index (χ0v) is 12.4. The fourth-order valence-electron chi connectivity index (χ4n) is 1.66. The van der Waals surface area contributed by atoms with Gasteiger partial charge in [-0.15, -0.1) is 11.3 Å². The number of thiazole rings is 1. The smallest absolute Gasteiger partial charge is 0.115 e. The minimum Gasteiger partial charge on any atom is -0.508 e. The molecule has 0 fully saturated rings. The molecule has 3 nitrogen and oxygen atoms in total. The Balaban J connectivity index is 1.86. The topological polar surface area (TPSA) is 45.1 Å². The minimum absolute atomic E-state index is 0.117. The lowest BCUT2D eigenvalue weighted by Gasteiger charge is -2.14. The highest BCUT2D eigenvalue weighted by molar-refractivity contribution is 7.09. The maximum absolute atomic E-state index is 9.21. The van der Waals surface area contributed by atoms with Crippen LogP contribution < -0.4 is 5.32 Å². The lowest BCUT2D eigenvalue weighted by Crippen LogP contribution is -2.14. The maximum atomic E-state index is 9.21. The van der Waals surface area contributed by atoms with E-state index in [0.29, 0.717) is 5.75 Å². The third-order valence-corrected chi connectivity index (χ3v) is 3.71. The quantitative estimate of drug-likeness (QED) is 0.899. The molecule has 0 amide bonds. The Bertz CT molecular complexity index is 526. The summed E-state index contributed by atoms with van der Waals surface area (Å²) < 4.78 is 0. The predicted molar refractivity (Wildman–Crippen MR) is 79.5 cm³/mol. The average Bonchev–Trinajstić information content (AvgIpc) is 2.80. The maximum Gasteiger partial charge on any atom is 0.115 e. The molecule has 2 N–H and O–H groups in total. The number of hydrogen-bond acceptors (Lipinski definition) is 4. The van der Waals surface area contributed by atoms with Crippen molar-refractivity contribution >= 4 is 11.3 Å². The van der Waals surface area contributed by atoms with Crippen molar-refractivity contribution < 1.29 is 5.11 Å². The van der Waals surface area contributed by atoms with E-state index in [9.17, 15) is 5.11 Å². The fourth-order valence-corrected chi connectivity index (χ4v) is 2.65. The molecular weight excluding hydrogens is 256 g/mol. The molecule has 1 heterocycles. The van der Waals surface area contributed by atoms with Crippen molar-refractivity contribution in [3.63, 3.8) is 0 Å². The summed E-state index contributed by atoms with van der Waals surface area (Å²) in [5.41, 5.74) is 2.43. The van der Waals surface area contributed by atoms with Crippen molar-refractivity contribution in [1.82, 2.24) is 10.3 Å². The predicted octanol–water partition coefficient (Wildman–Crippen LogP) is 3.44. The molecule has 4 heteroatoms. The third kappa shape index (κ3) is 4.04. The van der Waals surface area contributed by atoms with E-state index in [0.717, 1.165) is 29.4 Å². The number of benzene rings is 1. The number of nitrogens with zero attached hydrogens (tertiary/aromatic N) is 1. The van der Waals surface area contributed by atoms with Gasteiger partial charge in [0.25, 0.3) is 0 Å². The number of nitrogens with one attached hydrogen (secondary N) is 1. The van der Waals surface area contributed by atoms with E-state index < -0.39 is 0 Å². The van der Waals surface area contributed by atoms with Gasteiger partial charge >= 0.3 is 0 Å². The molecule has 1 aromatic heterocycles. The van der Waals surface area contributed by atoms with E-state index in [1.807, 2.05) is 12.1 Å². The van der Waals surface area contributed by atoms with E-state index in [-0.39, 0.29) is 5.41 Å². The molecule has 0 spiro atoms. The van der Waals surface area contributed by atoms with Gasteiger partial charge in [-0.25, -0.2) is 4.98 Å². The zero-order valence-electron chi connectivity index (χ0n) is 11.6. The fraction of sp³-hybridized carbons (Fsp3) is 0.400. The number of phenolic OH excluding ortho intramolecular Hbond substituents is 1. The van der Waals surface area contributed by atoms with Gasteiger partial charge in [0.15, 0.2) is 0 Å². The summed E-state index contributed by atoms with van der Waals surface area (Å²) in [6.45, 7) is 8.09. The van der Waals surface area contributed by atoms with Crippen LogP contribution in [0.1, 0.15) is 37.0 Å². The van der Waals surface area contributed by atoms with Gasteiger partial charge in [-0.1, -0.05) is 32.9 Å². The van der Waals surface area contributed by atoms with Crippen LogP contribution in [0.4, 0.5) is 0 Å². The van der Waals surface area contributed by atoms with Gasteiger partial charge in [0.1, 0.15) is 10.8 Å². The SMILES string of the molecule is CC(C)(C)c1csc(CNCc2ccc(O)cc2)n1. The summed E-state index contributed by atoms with van der Waals surface area (Å²) in [4.78, 5) is 4.64. The zero-order chi connectivity index (χ0) is 13.9. The average molecular weight is 276 g/mol. The highest BCUT2D eigenvalue weighted by Gasteiger charge is 2.17. The normalized spacial score (nSPS) is 11.7. The highest BCUT2D eigenvalue weighted by atomic mass is 32.1. The van der Waals surface area contributed by atoms with Crippen LogP contribution in [0.5, 0.6) is 5.75 Å². The summed E-state index contributed by atoms with van der Waals surface area (Å²) in [6.07, 6.45) is 0. The van der Waals surface area contributed by atoms with Crippen molar-refractivity contribution in [1.29, 1.82) is 0 Å². The first kappa shape index (κ1) is 14.0. The van der Waals surface area contributed by atoms with Gasteiger partial charge in [0.05, 0.1) is 5.69 Å². The van der Waals surface area contributed by atoms with Crippen LogP contribution in [0.3, 0.4) is 0 Å². The molecule has 102 valence electrons. The number of hydrogen-bond donors (Lipinski definition) is 2. The van der Waals surface area contributed by atoms with Crippen LogP contribution >= 0.6 is 11.3 Å².